The van der Waals surface area contributed by atoms with Crippen molar-refractivity contribution >= 4 is 23.3 Å². The minimum atomic E-state index is -0.731. The molecule has 0 fully saturated rings. The zero-order valence-corrected chi connectivity index (χ0v) is 10.6. The van der Waals surface area contributed by atoms with Crippen LogP contribution in [0.2, 0.25) is 5.02 Å². The second-order valence-electron chi connectivity index (χ2n) is 3.72. The predicted octanol–water partition coefficient (Wildman–Crippen LogP) is 2.34. The summed E-state index contributed by atoms with van der Waals surface area (Å²) in [5.74, 6) is -1.19. The van der Waals surface area contributed by atoms with Crippen molar-refractivity contribution in [3.63, 3.8) is 0 Å². The number of rotatable bonds is 2. The van der Waals surface area contributed by atoms with E-state index in [1.165, 1.54) is 23.0 Å². The van der Waals surface area contributed by atoms with E-state index in [2.05, 4.69) is 10.4 Å². The number of anilines is 1. The van der Waals surface area contributed by atoms with Crippen molar-refractivity contribution in [1.82, 2.24) is 9.78 Å². The molecule has 0 bridgehead atoms. The molecule has 96 valence electrons. The van der Waals surface area contributed by atoms with Crippen LogP contribution in [0.5, 0.6) is 0 Å². The Kier molecular flexibility index (Phi) is 3.49. The van der Waals surface area contributed by atoms with Crippen LogP contribution in [0.1, 0.15) is 15.9 Å². The highest BCUT2D eigenvalue weighted by molar-refractivity contribution is 6.30. The molecule has 2 aromatic rings. The summed E-state index contributed by atoms with van der Waals surface area (Å²) in [4.78, 5) is 11.9. The molecular weight excluding hydrogens is 271 g/mol. The van der Waals surface area contributed by atoms with E-state index in [4.69, 9.17) is 16.9 Å². The Morgan fingerprint density at radius 3 is 2.95 bits per heavy atom. The van der Waals surface area contributed by atoms with Crippen LogP contribution >= 0.6 is 11.6 Å². The molecule has 0 spiro atoms. The van der Waals surface area contributed by atoms with Crippen molar-refractivity contribution < 1.29 is 9.18 Å². The Labute approximate surface area is 113 Å². The topological polar surface area (TPSA) is 70.7 Å². The molecule has 7 heteroatoms. The molecule has 1 aromatic heterocycles. The van der Waals surface area contributed by atoms with E-state index in [1.807, 2.05) is 6.07 Å². The Morgan fingerprint density at radius 1 is 1.58 bits per heavy atom. The van der Waals surface area contributed by atoms with Crippen molar-refractivity contribution in [2.24, 2.45) is 7.05 Å². The lowest BCUT2D eigenvalue weighted by molar-refractivity contribution is 0.102. The van der Waals surface area contributed by atoms with Crippen LogP contribution < -0.4 is 5.32 Å². The van der Waals surface area contributed by atoms with Crippen LogP contribution in [0, 0.1) is 17.1 Å². The normalized spacial score (nSPS) is 10.0. The third-order valence-corrected chi connectivity index (χ3v) is 2.70. The number of hydrogen-bond donors (Lipinski definition) is 1. The molecule has 1 heterocycles. The predicted molar refractivity (Wildman–Crippen MR) is 67.3 cm³/mol. The Balaban J connectivity index is 2.31. The highest BCUT2D eigenvalue weighted by Gasteiger charge is 2.16. The van der Waals surface area contributed by atoms with Gasteiger partial charge in [0.1, 0.15) is 23.3 Å². The summed E-state index contributed by atoms with van der Waals surface area (Å²) < 4.78 is 14.9. The maximum Gasteiger partial charge on any atom is 0.259 e. The van der Waals surface area contributed by atoms with E-state index < -0.39 is 11.7 Å². The minimum absolute atomic E-state index is 0.158. The smallest absolute Gasteiger partial charge is 0.259 e. The van der Waals surface area contributed by atoms with Gasteiger partial charge in [-0.3, -0.25) is 9.48 Å². The average Bonchev–Trinajstić information content (AvgIpc) is 2.70. The summed E-state index contributed by atoms with van der Waals surface area (Å²) in [5.41, 5.74) is 0.0414. The van der Waals surface area contributed by atoms with Gasteiger partial charge in [0, 0.05) is 12.1 Å². The van der Waals surface area contributed by atoms with Crippen LogP contribution in [-0.2, 0) is 7.05 Å². The van der Waals surface area contributed by atoms with Crippen molar-refractivity contribution in [3.05, 3.63) is 46.4 Å². The van der Waals surface area contributed by atoms with Crippen molar-refractivity contribution in [1.29, 1.82) is 5.26 Å². The first-order chi connectivity index (χ1) is 9.02. The first kappa shape index (κ1) is 13.1. The number of carbonyl (C=O) groups is 1. The molecular formula is C12H8ClFN4O. The summed E-state index contributed by atoms with van der Waals surface area (Å²) in [5, 5.41) is 15.3. The number of amides is 1. The number of nitrogens with zero attached hydrogens (tertiary/aromatic N) is 3. The quantitative estimate of drug-likeness (QED) is 0.916. The maximum atomic E-state index is 13.6. The summed E-state index contributed by atoms with van der Waals surface area (Å²) in [7, 11) is 1.56. The Bertz CT molecular complexity index is 690. The molecule has 0 saturated carbocycles. The van der Waals surface area contributed by atoms with E-state index in [0.717, 1.165) is 6.07 Å². The number of aryl methyl sites for hydroxylation is 1. The number of nitrogens with one attached hydrogen (secondary N) is 1. The molecule has 19 heavy (non-hydrogen) atoms. The number of nitriles is 1. The summed E-state index contributed by atoms with van der Waals surface area (Å²) in [6, 6.07) is 5.61. The van der Waals surface area contributed by atoms with Gasteiger partial charge < -0.3 is 5.32 Å². The largest absolute Gasteiger partial charge is 0.306 e. The highest BCUT2D eigenvalue weighted by Crippen LogP contribution is 2.18. The molecule has 0 unspecified atom stereocenters. The van der Waals surface area contributed by atoms with Gasteiger partial charge in [-0.05, 0) is 18.2 Å². The molecule has 5 nitrogen and oxygen atoms in total. The lowest BCUT2D eigenvalue weighted by Crippen LogP contribution is -2.16. The first-order valence-electron chi connectivity index (χ1n) is 5.21. The second-order valence-corrected chi connectivity index (χ2v) is 4.16. The van der Waals surface area contributed by atoms with Crippen molar-refractivity contribution in [2.45, 2.75) is 0 Å². The zero-order chi connectivity index (χ0) is 14.0. The molecule has 0 radical (unpaired) electrons. The third kappa shape index (κ3) is 2.56. The summed E-state index contributed by atoms with van der Waals surface area (Å²) in [6.07, 6.45) is 1.31. The van der Waals surface area contributed by atoms with Gasteiger partial charge in [0.15, 0.2) is 0 Å². The molecule has 2 rings (SSSR count). The van der Waals surface area contributed by atoms with E-state index in [9.17, 15) is 9.18 Å². The monoisotopic (exact) mass is 278 g/mol. The van der Waals surface area contributed by atoms with Gasteiger partial charge in [0.25, 0.3) is 5.91 Å². The molecule has 1 N–H and O–H groups in total. The summed E-state index contributed by atoms with van der Waals surface area (Å²) >= 11 is 5.61. The van der Waals surface area contributed by atoms with Gasteiger partial charge in [0.05, 0.1) is 11.8 Å². The number of hydrogen-bond acceptors (Lipinski definition) is 3. The Hall–Kier alpha value is -2.39. The average molecular weight is 279 g/mol. The van der Waals surface area contributed by atoms with Gasteiger partial charge >= 0.3 is 0 Å². The second kappa shape index (κ2) is 5.08. The van der Waals surface area contributed by atoms with Gasteiger partial charge in [-0.25, -0.2) is 4.39 Å². The van der Waals surface area contributed by atoms with Crippen LogP contribution in [-0.4, -0.2) is 15.7 Å². The van der Waals surface area contributed by atoms with E-state index in [-0.39, 0.29) is 22.0 Å². The standard InChI is InChI=1S/C12H8ClFN4O/c1-18-11(7(5-15)6-16-18)17-12(19)9-3-2-8(13)4-10(9)14/h2-4,6H,1H3,(H,17,19). The van der Waals surface area contributed by atoms with E-state index in [1.54, 1.807) is 7.05 Å². The highest BCUT2D eigenvalue weighted by atomic mass is 35.5. The number of carbonyl (C=O) groups excluding carboxylic acids is 1. The molecule has 1 aromatic carbocycles. The fraction of sp³-hybridized carbons (Fsp3) is 0.0833. The molecule has 0 aliphatic heterocycles. The molecule has 0 atom stereocenters. The van der Waals surface area contributed by atoms with Crippen LogP contribution in [0.4, 0.5) is 10.2 Å². The zero-order valence-electron chi connectivity index (χ0n) is 9.82. The Morgan fingerprint density at radius 2 is 2.32 bits per heavy atom. The number of aromatic nitrogens is 2. The lowest BCUT2D eigenvalue weighted by Gasteiger charge is -2.07. The van der Waals surface area contributed by atoms with Gasteiger partial charge in [-0.15, -0.1) is 0 Å². The summed E-state index contributed by atoms with van der Waals surface area (Å²) in [6.45, 7) is 0. The van der Waals surface area contributed by atoms with E-state index in [0.29, 0.717) is 0 Å². The van der Waals surface area contributed by atoms with E-state index >= 15 is 0 Å². The molecule has 0 saturated heterocycles. The van der Waals surface area contributed by atoms with Gasteiger partial charge in [0.2, 0.25) is 0 Å². The first-order valence-corrected chi connectivity index (χ1v) is 5.59. The maximum absolute atomic E-state index is 13.6. The van der Waals surface area contributed by atoms with Gasteiger partial charge in [-0.2, -0.15) is 10.4 Å². The fourth-order valence-electron chi connectivity index (χ4n) is 1.52. The SMILES string of the molecule is Cn1ncc(C#N)c1NC(=O)c1ccc(Cl)cc1F. The minimum Gasteiger partial charge on any atom is -0.306 e. The van der Waals surface area contributed by atoms with Gasteiger partial charge in [-0.1, -0.05) is 11.6 Å². The number of halogens is 2. The third-order valence-electron chi connectivity index (χ3n) is 2.47. The lowest BCUT2D eigenvalue weighted by atomic mass is 10.2. The van der Waals surface area contributed by atoms with Crippen molar-refractivity contribution in [2.75, 3.05) is 5.32 Å². The fourth-order valence-corrected chi connectivity index (χ4v) is 1.67. The van der Waals surface area contributed by atoms with Crippen LogP contribution in [0.25, 0.3) is 0 Å². The molecule has 1 amide bonds. The van der Waals surface area contributed by atoms with Crippen LogP contribution in [0.3, 0.4) is 0 Å². The molecule has 0 aliphatic rings. The van der Waals surface area contributed by atoms with Crippen molar-refractivity contribution in [3.8, 4) is 6.07 Å². The molecule has 0 aliphatic carbocycles. The van der Waals surface area contributed by atoms with Crippen LogP contribution in [0.15, 0.2) is 24.4 Å². The number of benzene rings is 1.